The standard InChI is InChI=1S/C18H22/c1-4-5-6-17-13-18(12-9-15(17)3)16-10-7-14(2)8-11-16/h7-13H,4-6H2,1-3H3. The van der Waals surface area contributed by atoms with Gasteiger partial charge in [0.05, 0.1) is 0 Å². The normalized spacial score (nSPS) is 10.6. The molecule has 2 aromatic rings. The van der Waals surface area contributed by atoms with E-state index in [1.165, 1.54) is 47.1 Å². The molecule has 0 amide bonds. The highest BCUT2D eigenvalue weighted by atomic mass is 14.1. The zero-order valence-corrected chi connectivity index (χ0v) is 11.7. The second kappa shape index (κ2) is 5.86. The van der Waals surface area contributed by atoms with E-state index >= 15 is 0 Å². The second-order valence-corrected chi connectivity index (χ2v) is 5.11. The molecular formula is C18H22. The number of aryl methyl sites for hydroxylation is 3. The van der Waals surface area contributed by atoms with Gasteiger partial charge in [-0.3, -0.25) is 0 Å². The summed E-state index contributed by atoms with van der Waals surface area (Å²) in [6.45, 7) is 6.59. The van der Waals surface area contributed by atoms with Crippen molar-refractivity contribution in [2.75, 3.05) is 0 Å². The van der Waals surface area contributed by atoms with Gasteiger partial charge in [-0.25, -0.2) is 0 Å². The molecule has 0 saturated carbocycles. The van der Waals surface area contributed by atoms with Gasteiger partial charge in [-0.15, -0.1) is 0 Å². The van der Waals surface area contributed by atoms with Gasteiger partial charge in [0.15, 0.2) is 0 Å². The van der Waals surface area contributed by atoms with Gasteiger partial charge in [0, 0.05) is 0 Å². The van der Waals surface area contributed by atoms with E-state index in [1.807, 2.05) is 0 Å². The monoisotopic (exact) mass is 238 g/mol. The Labute approximate surface area is 111 Å². The van der Waals surface area contributed by atoms with E-state index in [0.717, 1.165) is 0 Å². The Hall–Kier alpha value is -1.56. The highest BCUT2D eigenvalue weighted by Gasteiger charge is 2.02. The minimum Gasteiger partial charge on any atom is -0.0654 e. The fraction of sp³-hybridized carbons (Fsp3) is 0.333. The SMILES string of the molecule is CCCCc1cc(-c2ccc(C)cc2)ccc1C. The average Bonchev–Trinajstić information content (AvgIpc) is 2.39. The Morgan fingerprint density at radius 2 is 1.50 bits per heavy atom. The Balaban J connectivity index is 2.31. The zero-order chi connectivity index (χ0) is 13.0. The summed E-state index contributed by atoms with van der Waals surface area (Å²) in [5.74, 6) is 0. The molecule has 0 heteroatoms. The third-order valence-electron chi connectivity index (χ3n) is 3.53. The molecule has 0 aliphatic rings. The maximum atomic E-state index is 2.36. The lowest BCUT2D eigenvalue weighted by molar-refractivity contribution is 0.791. The quantitative estimate of drug-likeness (QED) is 0.677. The molecule has 0 atom stereocenters. The molecule has 0 nitrogen and oxygen atoms in total. The van der Waals surface area contributed by atoms with E-state index in [1.54, 1.807) is 0 Å². The largest absolute Gasteiger partial charge is 0.0654 e. The molecule has 0 unspecified atom stereocenters. The van der Waals surface area contributed by atoms with E-state index in [4.69, 9.17) is 0 Å². The summed E-state index contributed by atoms with van der Waals surface area (Å²) < 4.78 is 0. The van der Waals surface area contributed by atoms with Crippen molar-refractivity contribution in [1.82, 2.24) is 0 Å². The van der Waals surface area contributed by atoms with Crippen LogP contribution in [0.5, 0.6) is 0 Å². The molecule has 0 aliphatic carbocycles. The van der Waals surface area contributed by atoms with Crippen molar-refractivity contribution in [2.24, 2.45) is 0 Å². The van der Waals surface area contributed by atoms with E-state index in [9.17, 15) is 0 Å². The summed E-state index contributed by atoms with van der Waals surface area (Å²) in [6.07, 6.45) is 3.73. The molecule has 0 heterocycles. The van der Waals surface area contributed by atoms with Crippen LogP contribution in [0.3, 0.4) is 0 Å². The summed E-state index contributed by atoms with van der Waals surface area (Å²) in [7, 11) is 0. The molecule has 18 heavy (non-hydrogen) atoms. The van der Waals surface area contributed by atoms with Crippen molar-refractivity contribution >= 4 is 0 Å². The highest BCUT2D eigenvalue weighted by molar-refractivity contribution is 5.65. The maximum Gasteiger partial charge on any atom is -0.0181 e. The summed E-state index contributed by atoms with van der Waals surface area (Å²) in [6, 6.07) is 15.6. The Bertz CT molecular complexity index is 506. The van der Waals surface area contributed by atoms with Crippen LogP contribution in [-0.4, -0.2) is 0 Å². The number of unbranched alkanes of at least 4 members (excludes halogenated alkanes) is 1. The maximum absolute atomic E-state index is 2.36. The molecule has 2 rings (SSSR count). The Morgan fingerprint density at radius 3 is 2.17 bits per heavy atom. The molecule has 0 N–H and O–H groups in total. The van der Waals surface area contributed by atoms with Crippen LogP contribution in [-0.2, 0) is 6.42 Å². The van der Waals surface area contributed by atoms with Crippen molar-refractivity contribution in [1.29, 1.82) is 0 Å². The Kier molecular flexibility index (Phi) is 4.19. The molecule has 2 aromatic carbocycles. The van der Waals surface area contributed by atoms with Crippen LogP contribution in [0.1, 0.15) is 36.5 Å². The van der Waals surface area contributed by atoms with Crippen molar-refractivity contribution in [2.45, 2.75) is 40.0 Å². The van der Waals surface area contributed by atoms with Crippen molar-refractivity contribution in [3.05, 3.63) is 59.2 Å². The molecule has 0 spiro atoms. The smallest absolute Gasteiger partial charge is 0.0181 e. The van der Waals surface area contributed by atoms with E-state index in [0.29, 0.717) is 0 Å². The fourth-order valence-electron chi connectivity index (χ4n) is 2.23. The molecule has 0 saturated heterocycles. The summed E-state index contributed by atoms with van der Waals surface area (Å²) in [4.78, 5) is 0. The van der Waals surface area contributed by atoms with Gasteiger partial charge < -0.3 is 0 Å². The van der Waals surface area contributed by atoms with Gasteiger partial charge in [-0.05, 0) is 48.9 Å². The topological polar surface area (TPSA) is 0 Å². The van der Waals surface area contributed by atoms with Gasteiger partial charge in [-0.2, -0.15) is 0 Å². The van der Waals surface area contributed by atoms with Gasteiger partial charge in [0.1, 0.15) is 0 Å². The third kappa shape index (κ3) is 3.01. The van der Waals surface area contributed by atoms with E-state index in [2.05, 4.69) is 63.2 Å². The lowest BCUT2D eigenvalue weighted by Crippen LogP contribution is -1.91. The molecule has 0 radical (unpaired) electrons. The van der Waals surface area contributed by atoms with Crippen LogP contribution in [0.2, 0.25) is 0 Å². The van der Waals surface area contributed by atoms with Crippen molar-refractivity contribution < 1.29 is 0 Å². The third-order valence-corrected chi connectivity index (χ3v) is 3.53. The number of rotatable bonds is 4. The van der Waals surface area contributed by atoms with Crippen LogP contribution in [0, 0.1) is 13.8 Å². The van der Waals surface area contributed by atoms with Crippen LogP contribution < -0.4 is 0 Å². The molecule has 0 bridgehead atoms. The minimum atomic E-state index is 1.20. The number of hydrogen-bond donors (Lipinski definition) is 0. The minimum absolute atomic E-state index is 1.20. The number of hydrogen-bond acceptors (Lipinski definition) is 0. The summed E-state index contributed by atoms with van der Waals surface area (Å²) in [5, 5.41) is 0. The predicted molar refractivity (Wildman–Crippen MR) is 80.0 cm³/mol. The number of benzene rings is 2. The van der Waals surface area contributed by atoms with E-state index in [-0.39, 0.29) is 0 Å². The first-order chi connectivity index (χ1) is 8.70. The van der Waals surface area contributed by atoms with Crippen LogP contribution in [0.15, 0.2) is 42.5 Å². The highest BCUT2D eigenvalue weighted by Crippen LogP contribution is 2.23. The average molecular weight is 238 g/mol. The van der Waals surface area contributed by atoms with Crippen LogP contribution in [0.4, 0.5) is 0 Å². The fourth-order valence-corrected chi connectivity index (χ4v) is 2.23. The predicted octanol–water partition coefficient (Wildman–Crippen LogP) is 5.31. The first-order valence-corrected chi connectivity index (χ1v) is 6.87. The lowest BCUT2D eigenvalue weighted by atomic mass is 9.96. The van der Waals surface area contributed by atoms with Gasteiger partial charge in [-0.1, -0.05) is 61.4 Å². The molecule has 0 fully saturated rings. The molecule has 94 valence electrons. The first-order valence-electron chi connectivity index (χ1n) is 6.87. The molecule has 0 aliphatic heterocycles. The molecule has 0 aromatic heterocycles. The van der Waals surface area contributed by atoms with Crippen molar-refractivity contribution in [3.63, 3.8) is 0 Å². The molecular weight excluding hydrogens is 216 g/mol. The Morgan fingerprint density at radius 1 is 0.833 bits per heavy atom. The van der Waals surface area contributed by atoms with Crippen LogP contribution in [0.25, 0.3) is 11.1 Å². The summed E-state index contributed by atoms with van der Waals surface area (Å²) >= 11 is 0. The van der Waals surface area contributed by atoms with Gasteiger partial charge in [0.25, 0.3) is 0 Å². The first kappa shape index (κ1) is 12.9. The van der Waals surface area contributed by atoms with E-state index < -0.39 is 0 Å². The summed E-state index contributed by atoms with van der Waals surface area (Å²) in [5.41, 5.74) is 6.89. The van der Waals surface area contributed by atoms with Gasteiger partial charge >= 0.3 is 0 Å². The zero-order valence-electron chi connectivity index (χ0n) is 11.7. The van der Waals surface area contributed by atoms with Crippen molar-refractivity contribution in [3.8, 4) is 11.1 Å². The second-order valence-electron chi connectivity index (χ2n) is 5.11. The lowest BCUT2D eigenvalue weighted by Gasteiger charge is -2.09. The van der Waals surface area contributed by atoms with Gasteiger partial charge in [0.2, 0.25) is 0 Å². The van der Waals surface area contributed by atoms with Crippen LogP contribution >= 0.6 is 0 Å².